The van der Waals surface area contributed by atoms with Crippen molar-refractivity contribution in [3.8, 4) is 0 Å². The molecule has 2 nitrogen and oxygen atoms in total. The number of hydrogen-bond acceptors (Lipinski definition) is 3. The van der Waals surface area contributed by atoms with Crippen molar-refractivity contribution in [3.63, 3.8) is 0 Å². The second kappa shape index (κ2) is 4.49. The first kappa shape index (κ1) is 10.4. The van der Waals surface area contributed by atoms with Gasteiger partial charge in [0.2, 0.25) is 0 Å². The average molecular weight is 189 g/mol. The van der Waals surface area contributed by atoms with Crippen LogP contribution in [0, 0.1) is 5.92 Å². The maximum Gasteiger partial charge on any atom is 0.0651 e. The summed E-state index contributed by atoms with van der Waals surface area (Å²) in [5.41, 5.74) is 0. The van der Waals surface area contributed by atoms with Gasteiger partial charge in [-0.3, -0.25) is 4.90 Å². The first-order chi connectivity index (χ1) is 5.65. The van der Waals surface area contributed by atoms with E-state index in [9.17, 15) is 0 Å². The molecule has 1 saturated heterocycles. The quantitative estimate of drug-likeness (QED) is 0.538. The molecule has 0 aliphatic carbocycles. The summed E-state index contributed by atoms with van der Waals surface area (Å²) in [5, 5.41) is 0. The van der Waals surface area contributed by atoms with Gasteiger partial charge >= 0.3 is 0 Å². The molecule has 0 aromatic carbocycles. The van der Waals surface area contributed by atoms with Crippen LogP contribution in [0.15, 0.2) is 0 Å². The van der Waals surface area contributed by atoms with Crippen molar-refractivity contribution in [1.29, 1.82) is 0 Å². The molecule has 0 aromatic rings. The predicted octanol–water partition coefficient (Wildman–Crippen LogP) is 1.97. The van der Waals surface area contributed by atoms with Crippen LogP contribution in [-0.4, -0.2) is 30.1 Å². The molecule has 1 heterocycles. The lowest BCUT2D eigenvalue weighted by Crippen LogP contribution is -2.33. The average Bonchev–Trinajstić information content (AvgIpc) is 2.32. The smallest absolute Gasteiger partial charge is 0.0651 e. The minimum Gasteiger partial charge on any atom is -0.318 e. The van der Waals surface area contributed by atoms with Crippen molar-refractivity contribution in [2.24, 2.45) is 5.92 Å². The Hall–Kier alpha value is 0.270. The second-order valence-corrected chi connectivity index (χ2v) is 4.30. The van der Waals surface area contributed by atoms with E-state index in [1.165, 1.54) is 13.0 Å². The molecule has 12 heavy (non-hydrogen) atoms. The van der Waals surface area contributed by atoms with Gasteiger partial charge in [-0.15, -0.1) is 0 Å². The number of likely N-dealkylation sites (tertiary alicyclic amines) is 1. The lowest BCUT2D eigenvalue weighted by molar-refractivity contribution is 0.205. The molecule has 1 fully saturated rings. The molecular weight excluding hydrogens is 170 g/mol. The van der Waals surface area contributed by atoms with Gasteiger partial charge in [-0.2, -0.15) is 0 Å². The zero-order valence-corrected chi connectivity index (χ0v) is 9.05. The normalized spacial score (nSPS) is 31.8. The molecule has 0 radical (unpaired) electrons. The number of nitrogens with zero attached hydrogens (tertiary/aromatic N) is 1. The van der Waals surface area contributed by atoms with Crippen LogP contribution in [0.3, 0.4) is 0 Å². The van der Waals surface area contributed by atoms with Crippen molar-refractivity contribution in [2.75, 3.05) is 13.2 Å². The molecule has 0 spiro atoms. The minimum absolute atomic E-state index is 0.657. The van der Waals surface area contributed by atoms with Gasteiger partial charge in [-0.25, -0.2) is 0 Å². The Balaban J connectivity index is 2.39. The molecule has 0 bridgehead atoms. The fourth-order valence-corrected chi connectivity index (χ4v) is 2.33. The highest BCUT2D eigenvalue weighted by molar-refractivity contribution is 7.75. The van der Waals surface area contributed by atoms with Crippen molar-refractivity contribution in [3.05, 3.63) is 0 Å². The Morgan fingerprint density at radius 1 is 1.58 bits per heavy atom. The summed E-state index contributed by atoms with van der Waals surface area (Å²) in [4.78, 5) is 2.53. The Labute approximate surface area is 80.9 Å². The van der Waals surface area contributed by atoms with E-state index in [4.69, 9.17) is 4.18 Å². The van der Waals surface area contributed by atoms with Gasteiger partial charge in [0.25, 0.3) is 0 Å². The van der Waals surface area contributed by atoms with Crippen LogP contribution >= 0.6 is 12.9 Å². The molecule has 0 aromatic heterocycles. The fraction of sp³-hybridized carbons (Fsp3) is 1.00. The molecule has 0 amide bonds. The summed E-state index contributed by atoms with van der Waals surface area (Å²) in [6, 6.07) is 1.36. The SMILES string of the molecule is CC(C)N1CC(COS)CC1C. The fourth-order valence-electron chi connectivity index (χ4n) is 2.12. The van der Waals surface area contributed by atoms with E-state index in [1.54, 1.807) is 0 Å². The lowest BCUT2D eigenvalue weighted by Gasteiger charge is -2.25. The molecule has 3 heteroatoms. The monoisotopic (exact) mass is 189 g/mol. The van der Waals surface area contributed by atoms with E-state index in [0.717, 1.165) is 6.61 Å². The minimum atomic E-state index is 0.657. The molecule has 2 unspecified atom stereocenters. The summed E-state index contributed by atoms with van der Waals surface area (Å²) in [7, 11) is 0. The van der Waals surface area contributed by atoms with E-state index >= 15 is 0 Å². The van der Waals surface area contributed by atoms with E-state index < -0.39 is 0 Å². The summed E-state index contributed by atoms with van der Waals surface area (Å²) in [6.07, 6.45) is 1.25. The van der Waals surface area contributed by atoms with Crippen LogP contribution < -0.4 is 0 Å². The second-order valence-electron chi connectivity index (χ2n) is 4.04. The highest BCUT2D eigenvalue weighted by Gasteiger charge is 2.30. The Bertz CT molecular complexity index is 140. The van der Waals surface area contributed by atoms with Gasteiger partial charge in [0, 0.05) is 18.6 Å². The van der Waals surface area contributed by atoms with Gasteiger partial charge in [0.1, 0.15) is 0 Å². The maximum atomic E-state index is 4.87. The van der Waals surface area contributed by atoms with Gasteiger partial charge in [-0.1, -0.05) is 0 Å². The maximum absolute atomic E-state index is 4.87. The molecular formula is C9H19NOS. The lowest BCUT2D eigenvalue weighted by atomic mass is 10.1. The van der Waals surface area contributed by atoms with Crippen molar-refractivity contribution in [1.82, 2.24) is 4.90 Å². The van der Waals surface area contributed by atoms with E-state index in [2.05, 4.69) is 38.6 Å². The van der Waals surface area contributed by atoms with Crippen LogP contribution in [-0.2, 0) is 4.18 Å². The highest BCUT2D eigenvalue weighted by Crippen LogP contribution is 2.25. The molecule has 1 aliphatic rings. The highest BCUT2D eigenvalue weighted by atomic mass is 32.1. The predicted molar refractivity (Wildman–Crippen MR) is 54.3 cm³/mol. The zero-order valence-electron chi connectivity index (χ0n) is 8.16. The number of hydrogen-bond donors (Lipinski definition) is 1. The summed E-state index contributed by atoms with van der Waals surface area (Å²) in [6.45, 7) is 8.75. The van der Waals surface area contributed by atoms with Crippen molar-refractivity contribution >= 4 is 12.9 Å². The molecule has 2 atom stereocenters. The number of thiol groups is 1. The van der Waals surface area contributed by atoms with Crippen LogP contribution in [0.1, 0.15) is 27.2 Å². The molecule has 1 aliphatic heterocycles. The first-order valence-electron chi connectivity index (χ1n) is 4.67. The van der Waals surface area contributed by atoms with Crippen molar-refractivity contribution < 1.29 is 4.18 Å². The zero-order chi connectivity index (χ0) is 9.14. The van der Waals surface area contributed by atoms with E-state index in [1.807, 2.05) is 0 Å². The third kappa shape index (κ3) is 2.38. The topological polar surface area (TPSA) is 12.5 Å². The van der Waals surface area contributed by atoms with E-state index in [-0.39, 0.29) is 0 Å². The van der Waals surface area contributed by atoms with Gasteiger partial charge < -0.3 is 4.18 Å². The summed E-state index contributed by atoms with van der Waals surface area (Å²) < 4.78 is 4.87. The Morgan fingerprint density at radius 3 is 2.67 bits per heavy atom. The van der Waals surface area contributed by atoms with Crippen LogP contribution in [0.5, 0.6) is 0 Å². The van der Waals surface area contributed by atoms with Gasteiger partial charge in [0.05, 0.1) is 6.61 Å². The summed E-state index contributed by atoms with van der Waals surface area (Å²) >= 11 is 3.79. The molecule has 72 valence electrons. The van der Waals surface area contributed by atoms with Gasteiger partial charge in [-0.05, 0) is 46.0 Å². The largest absolute Gasteiger partial charge is 0.318 e. The standard InChI is InChI=1S/C9H19NOS/c1-7(2)10-5-9(6-11-12)4-8(10)3/h7-9,12H,4-6H2,1-3H3. The van der Waals surface area contributed by atoms with Gasteiger partial charge in [0.15, 0.2) is 0 Å². The third-order valence-corrected chi connectivity index (χ3v) is 2.83. The first-order valence-corrected chi connectivity index (χ1v) is 5.03. The Morgan fingerprint density at radius 2 is 2.25 bits per heavy atom. The Kier molecular flexibility index (Phi) is 3.87. The van der Waals surface area contributed by atoms with Crippen molar-refractivity contribution in [2.45, 2.75) is 39.3 Å². The molecule has 0 N–H and O–H groups in total. The van der Waals surface area contributed by atoms with Crippen LogP contribution in [0.2, 0.25) is 0 Å². The molecule has 1 rings (SSSR count). The third-order valence-electron chi connectivity index (χ3n) is 2.68. The van der Waals surface area contributed by atoms with Crippen LogP contribution in [0.25, 0.3) is 0 Å². The molecule has 0 saturated carbocycles. The van der Waals surface area contributed by atoms with E-state index in [0.29, 0.717) is 18.0 Å². The summed E-state index contributed by atoms with van der Waals surface area (Å²) in [5.74, 6) is 0.680. The van der Waals surface area contributed by atoms with Crippen LogP contribution in [0.4, 0.5) is 0 Å². The number of rotatable bonds is 3.